The third-order valence-corrected chi connectivity index (χ3v) is 2.40. The van der Waals surface area contributed by atoms with Gasteiger partial charge in [0.1, 0.15) is 17.1 Å². The summed E-state index contributed by atoms with van der Waals surface area (Å²) in [5.41, 5.74) is -1.04. The van der Waals surface area contributed by atoms with Crippen LogP contribution in [0.2, 0.25) is 0 Å². The van der Waals surface area contributed by atoms with Crippen LogP contribution in [0.4, 0.5) is 0 Å². The predicted molar refractivity (Wildman–Crippen MR) is 55.4 cm³/mol. The van der Waals surface area contributed by atoms with Crippen LogP contribution in [0.25, 0.3) is 0 Å². The van der Waals surface area contributed by atoms with Gasteiger partial charge in [0.25, 0.3) is 0 Å². The summed E-state index contributed by atoms with van der Waals surface area (Å²) in [5, 5.41) is 9.51. The molecule has 1 N–H and O–H groups in total. The molecule has 82 valence electrons. The highest BCUT2D eigenvalue weighted by Gasteiger charge is 2.17. The Labute approximate surface area is 87.5 Å². The lowest BCUT2D eigenvalue weighted by Crippen LogP contribution is -2.13. The van der Waals surface area contributed by atoms with Crippen molar-refractivity contribution in [2.75, 3.05) is 0 Å². The van der Waals surface area contributed by atoms with E-state index in [4.69, 9.17) is 4.42 Å². The second-order valence-electron chi connectivity index (χ2n) is 3.56. The van der Waals surface area contributed by atoms with E-state index in [-0.39, 0.29) is 17.2 Å². The van der Waals surface area contributed by atoms with Gasteiger partial charge in [-0.3, -0.25) is 4.79 Å². The molecule has 0 saturated carbocycles. The molecule has 1 unspecified atom stereocenters. The van der Waals surface area contributed by atoms with Crippen LogP contribution in [-0.4, -0.2) is 10.9 Å². The number of Topliss-reactive ketones (excluding diaryl/α,β-unsaturated/α-hetero) is 1. The molecule has 0 fully saturated rings. The fourth-order valence-electron chi connectivity index (χ4n) is 1.27. The number of carbonyl (C=O) groups excluding carboxylic acids is 1. The molecule has 0 radical (unpaired) electrons. The Bertz CT molecular complexity index is 431. The van der Waals surface area contributed by atoms with Gasteiger partial charge in [-0.1, -0.05) is 13.8 Å². The van der Waals surface area contributed by atoms with Crippen molar-refractivity contribution < 1.29 is 14.3 Å². The van der Waals surface area contributed by atoms with Crippen molar-refractivity contribution in [1.82, 2.24) is 0 Å². The van der Waals surface area contributed by atoms with Crippen molar-refractivity contribution in [2.24, 2.45) is 0 Å². The van der Waals surface area contributed by atoms with E-state index in [0.717, 1.165) is 6.42 Å². The smallest absolute Gasteiger partial charge is 0.350 e. The van der Waals surface area contributed by atoms with Crippen LogP contribution in [0.1, 0.15) is 49.2 Å². The summed E-state index contributed by atoms with van der Waals surface area (Å²) in [7, 11) is 0. The van der Waals surface area contributed by atoms with Gasteiger partial charge in [0, 0.05) is 12.0 Å². The summed E-state index contributed by atoms with van der Waals surface area (Å²) in [6.07, 6.45) is 0.793. The minimum absolute atomic E-state index is 0.0459. The first-order chi connectivity index (χ1) is 6.97. The molecule has 1 heterocycles. The molecule has 1 aromatic heterocycles. The van der Waals surface area contributed by atoms with Crippen molar-refractivity contribution in [2.45, 2.75) is 33.1 Å². The Hall–Kier alpha value is -1.58. The number of carbonyl (C=O) groups is 1. The zero-order chi connectivity index (χ0) is 11.6. The van der Waals surface area contributed by atoms with Gasteiger partial charge in [-0.25, -0.2) is 4.79 Å². The topological polar surface area (TPSA) is 67.5 Å². The molecule has 0 aliphatic carbocycles. The lowest BCUT2D eigenvalue weighted by atomic mass is 10.0. The maximum Gasteiger partial charge on any atom is 0.350 e. The van der Waals surface area contributed by atoms with E-state index in [0.29, 0.717) is 5.76 Å². The van der Waals surface area contributed by atoms with Crippen LogP contribution in [0.5, 0.6) is 5.75 Å². The highest BCUT2D eigenvalue weighted by Crippen LogP contribution is 2.23. The first kappa shape index (κ1) is 11.5. The molecule has 4 heteroatoms. The van der Waals surface area contributed by atoms with Gasteiger partial charge in [-0.15, -0.1) is 0 Å². The Morgan fingerprint density at radius 1 is 1.60 bits per heavy atom. The molecule has 0 bridgehead atoms. The van der Waals surface area contributed by atoms with Crippen molar-refractivity contribution in [3.63, 3.8) is 0 Å². The van der Waals surface area contributed by atoms with Crippen LogP contribution in [0.15, 0.2) is 15.3 Å². The van der Waals surface area contributed by atoms with E-state index in [1.54, 1.807) is 0 Å². The zero-order valence-corrected chi connectivity index (χ0v) is 9.03. The quantitative estimate of drug-likeness (QED) is 0.775. The average Bonchev–Trinajstić information content (AvgIpc) is 2.14. The van der Waals surface area contributed by atoms with Gasteiger partial charge in [-0.05, 0) is 13.3 Å². The van der Waals surface area contributed by atoms with E-state index in [9.17, 15) is 14.7 Å². The SMILES string of the molecule is CCC(C)c1cc(O)c(C(C)=O)c(=O)o1. The standard InChI is InChI=1S/C11H14O4/c1-4-6(2)9-5-8(13)10(7(3)12)11(14)15-9/h5-6,13H,4H2,1-3H3. The lowest BCUT2D eigenvalue weighted by Gasteiger charge is -2.08. The number of ketones is 1. The van der Waals surface area contributed by atoms with Crippen LogP contribution in [0.3, 0.4) is 0 Å². The van der Waals surface area contributed by atoms with Crippen molar-refractivity contribution in [3.8, 4) is 5.75 Å². The van der Waals surface area contributed by atoms with Gasteiger partial charge < -0.3 is 9.52 Å². The minimum atomic E-state index is -0.766. The van der Waals surface area contributed by atoms with E-state index >= 15 is 0 Å². The highest BCUT2D eigenvalue weighted by atomic mass is 16.4. The third kappa shape index (κ3) is 2.26. The number of rotatable bonds is 3. The summed E-state index contributed by atoms with van der Waals surface area (Å²) >= 11 is 0. The third-order valence-electron chi connectivity index (χ3n) is 2.40. The van der Waals surface area contributed by atoms with Crippen LogP contribution >= 0.6 is 0 Å². The zero-order valence-electron chi connectivity index (χ0n) is 9.03. The fourth-order valence-corrected chi connectivity index (χ4v) is 1.27. The van der Waals surface area contributed by atoms with Gasteiger partial charge >= 0.3 is 5.63 Å². The molecule has 0 saturated heterocycles. The van der Waals surface area contributed by atoms with Gasteiger partial charge in [0.2, 0.25) is 0 Å². The highest BCUT2D eigenvalue weighted by molar-refractivity contribution is 5.96. The van der Waals surface area contributed by atoms with Gasteiger partial charge in [0.05, 0.1) is 0 Å². The average molecular weight is 210 g/mol. The summed E-state index contributed by atoms with van der Waals surface area (Å²) in [4.78, 5) is 22.4. The Kier molecular flexibility index (Phi) is 3.29. The maximum absolute atomic E-state index is 11.4. The molecule has 1 atom stereocenters. The minimum Gasteiger partial charge on any atom is -0.507 e. The first-order valence-corrected chi connectivity index (χ1v) is 4.85. The van der Waals surface area contributed by atoms with Crippen molar-refractivity contribution in [1.29, 1.82) is 0 Å². The summed E-state index contributed by atoms with van der Waals surface area (Å²) in [6.45, 7) is 5.04. The van der Waals surface area contributed by atoms with Crippen molar-refractivity contribution >= 4 is 5.78 Å². The summed E-state index contributed by atoms with van der Waals surface area (Å²) in [6, 6.07) is 1.34. The second-order valence-corrected chi connectivity index (χ2v) is 3.56. The van der Waals surface area contributed by atoms with Crippen LogP contribution in [0, 0.1) is 0 Å². The van der Waals surface area contributed by atoms with E-state index < -0.39 is 11.4 Å². The second kappa shape index (κ2) is 4.29. The normalized spacial score (nSPS) is 12.5. The Morgan fingerprint density at radius 2 is 2.20 bits per heavy atom. The van der Waals surface area contributed by atoms with Gasteiger partial charge in [0.15, 0.2) is 5.78 Å². The molecule has 1 aromatic rings. The van der Waals surface area contributed by atoms with Crippen LogP contribution < -0.4 is 5.63 Å². The van der Waals surface area contributed by atoms with E-state index in [2.05, 4.69) is 0 Å². The number of hydrogen-bond donors (Lipinski definition) is 1. The molecule has 0 aliphatic rings. The lowest BCUT2D eigenvalue weighted by molar-refractivity contribution is 0.101. The summed E-state index contributed by atoms with van der Waals surface area (Å²) in [5.74, 6) is -0.333. The predicted octanol–water partition coefficient (Wildman–Crippen LogP) is 2.06. The number of hydrogen-bond acceptors (Lipinski definition) is 4. The van der Waals surface area contributed by atoms with E-state index in [1.807, 2.05) is 13.8 Å². The molecule has 0 spiro atoms. The Balaban J connectivity index is 3.32. The molecular formula is C11H14O4. The molecule has 4 nitrogen and oxygen atoms in total. The largest absolute Gasteiger partial charge is 0.507 e. The molecule has 0 aliphatic heterocycles. The fraction of sp³-hybridized carbons (Fsp3) is 0.455. The molecule has 1 rings (SSSR count). The molecule has 0 amide bonds. The monoisotopic (exact) mass is 210 g/mol. The number of aromatic hydroxyl groups is 1. The maximum atomic E-state index is 11.4. The summed E-state index contributed by atoms with van der Waals surface area (Å²) < 4.78 is 4.97. The molecule has 0 aromatic carbocycles. The Morgan fingerprint density at radius 3 is 2.60 bits per heavy atom. The van der Waals surface area contributed by atoms with Crippen molar-refractivity contribution in [3.05, 3.63) is 27.8 Å². The van der Waals surface area contributed by atoms with Gasteiger partial charge in [-0.2, -0.15) is 0 Å². The van der Waals surface area contributed by atoms with Crippen LogP contribution in [-0.2, 0) is 0 Å². The molecular weight excluding hydrogens is 196 g/mol. The first-order valence-electron chi connectivity index (χ1n) is 4.85. The molecule has 15 heavy (non-hydrogen) atoms. The van der Waals surface area contributed by atoms with E-state index in [1.165, 1.54) is 13.0 Å².